The molecule has 0 heterocycles. The van der Waals surface area contributed by atoms with E-state index in [1.165, 1.54) is 12.1 Å². The average molecular weight is 439 g/mol. The van der Waals surface area contributed by atoms with E-state index in [-0.39, 0.29) is 17.5 Å². The quantitative estimate of drug-likeness (QED) is 0.575. The minimum Gasteiger partial charge on any atom is -0.496 e. The molecule has 0 aliphatic rings. The highest BCUT2D eigenvalue weighted by Crippen LogP contribution is 2.27. The Morgan fingerprint density at radius 3 is 2.26 bits per heavy atom. The molecule has 1 amide bonds. The van der Waals surface area contributed by atoms with Crippen LogP contribution in [0.3, 0.4) is 0 Å². The molecule has 3 aromatic rings. The van der Waals surface area contributed by atoms with Crippen LogP contribution < -0.4 is 14.4 Å². The van der Waals surface area contributed by atoms with E-state index in [1.54, 1.807) is 37.4 Å². The number of benzene rings is 3. The number of amides is 1. The maximum atomic E-state index is 13.4. The number of carbonyl (C=O) groups excluding carboxylic acids is 1. The molecule has 0 saturated heterocycles. The maximum absolute atomic E-state index is 13.4. The molecule has 0 fully saturated rings. The SMILES string of the molecule is COc1ccccc1C(C)NC(=O)CN(c1ccccc1C)S(=O)(=O)c1ccccc1. The third-order valence-electron chi connectivity index (χ3n) is 4.99. The Labute approximate surface area is 183 Å². The Hall–Kier alpha value is -3.32. The molecule has 0 bridgehead atoms. The fraction of sp³-hybridized carbons (Fsp3) is 0.208. The summed E-state index contributed by atoms with van der Waals surface area (Å²) >= 11 is 0. The Balaban J connectivity index is 1.90. The van der Waals surface area contributed by atoms with Gasteiger partial charge in [0, 0.05) is 5.56 Å². The fourth-order valence-corrected chi connectivity index (χ4v) is 4.89. The number of aryl methyl sites for hydroxylation is 1. The van der Waals surface area contributed by atoms with E-state index >= 15 is 0 Å². The second kappa shape index (κ2) is 9.66. The van der Waals surface area contributed by atoms with Crippen LogP contribution in [0.4, 0.5) is 5.69 Å². The molecule has 162 valence electrons. The summed E-state index contributed by atoms with van der Waals surface area (Å²) in [6.45, 7) is 3.30. The first-order valence-electron chi connectivity index (χ1n) is 9.90. The van der Waals surface area contributed by atoms with Gasteiger partial charge in [-0.25, -0.2) is 8.42 Å². The molecule has 0 aliphatic heterocycles. The lowest BCUT2D eigenvalue weighted by atomic mass is 10.1. The number of nitrogens with one attached hydrogen (secondary N) is 1. The molecule has 0 aliphatic carbocycles. The van der Waals surface area contributed by atoms with E-state index in [9.17, 15) is 13.2 Å². The molecule has 1 unspecified atom stereocenters. The van der Waals surface area contributed by atoms with Crippen molar-refractivity contribution < 1.29 is 17.9 Å². The minimum absolute atomic E-state index is 0.129. The molecule has 31 heavy (non-hydrogen) atoms. The molecule has 1 N–H and O–H groups in total. The molecule has 0 radical (unpaired) electrons. The zero-order valence-electron chi connectivity index (χ0n) is 17.8. The van der Waals surface area contributed by atoms with Gasteiger partial charge in [-0.15, -0.1) is 0 Å². The molecule has 0 aromatic heterocycles. The highest BCUT2D eigenvalue weighted by Gasteiger charge is 2.28. The summed E-state index contributed by atoms with van der Waals surface area (Å²) in [6.07, 6.45) is 0. The highest BCUT2D eigenvalue weighted by molar-refractivity contribution is 7.92. The second-order valence-corrected chi connectivity index (χ2v) is 9.00. The zero-order chi connectivity index (χ0) is 22.4. The van der Waals surface area contributed by atoms with Crippen LogP contribution in [0.1, 0.15) is 24.1 Å². The molecule has 3 aromatic carbocycles. The summed E-state index contributed by atoms with van der Waals surface area (Å²) < 4.78 is 33.3. The third-order valence-corrected chi connectivity index (χ3v) is 6.76. The van der Waals surface area contributed by atoms with Crippen LogP contribution in [0.2, 0.25) is 0 Å². The molecule has 3 rings (SSSR count). The van der Waals surface area contributed by atoms with E-state index in [4.69, 9.17) is 4.74 Å². The van der Waals surface area contributed by atoms with Crippen LogP contribution in [0.25, 0.3) is 0 Å². The lowest BCUT2D eigenvalue weighted by Crippen LogP contribution is -2.42. The summed E-state index contributed by atoms with van der Waals surface area (Å²) in [6, 6.07) is 22.3. The summed E-state index contributed by atoms with van der Waals surface area (Å²) in [5, 5.41) is 2.89. The van der Waals surface area contributed by atoms with Gasteiger partial charge in [-0.05, 0) is 43.7 Å². The van der Waals surface area contributed by atoms with Gasteiger partial charge >= 0.3 is 0 Å². The van der Waals surface area contributed by atoms with Gasteiger partial charge in [0.2, 0.25) is 5.91 Å². The van der Waals surface area contributed by atoms with Crippen LogP contribution in [0.5, 0.6) is 5.75 Å². The van der Waals surface area contributed by atoms with Gasteiger partial charge in [0.15, 0.2) is 0 Å². The summed E-state index contributed by atoms with van der Waals surface area (Å²) in [4.78, 5) is 13.1. The number of rotatable bonds is 8. The van der Waals surface area contributed by atoms with Crippen LogP contribution in [-0.2, 0) is 14.8 Å². The van der Waals surface area contributed by atoms with Gasteiger partial charge in [0.1, 0.15) is 12.3 Å². The van der Waals surface area contributed by atoms with Crippen LogP contribution in [-0.4, -0.2) is 28.0 Å². The Bertz CT molecular complexity index is 1150. The van der Waals surface area contributed by atoms with Crippen LogP contribution in [0, 0.1) is 6.92 Å². The van der Waals surface area contributed by atoms with Gasteiger partial charge in [-0.3, -0.25) is 9.10 Å². The Morgan fingerprint density at radius 1 is 0.968 bits per heavy atom. The first-order chi connectivity index (χ1) is 14.8. The van der Waals surface area contributed by atoms with Crippen LogP contribution >= 0.6 is 0 Å². The predicted molar refractivity (Wildman–Crippen MR) is 122 cm³/mol. The van der Waals surface area contributed by atoms with Crippen molar-refractivity contribution in [3.05, 3.63) is 90.0 Å². The number of nitrogens with zero attached hydrogens (tertiary/aromatic N) is 1. The predicted octanol–water partition coefficient (Wildman–Crippen LogP) is 4.08. The summed E-state index contributed by atoms with van der Waals surface area (Å²) in [5.41, 5.74) is 2.03. The van der Waals surface area contributed by atoms with Crippen molar-refractivity contribution in [2.24, 2.45) is 0 Å². The van der Waals surface area contributed by atoms with E-state index in [1.807, 2.05) is 50.2 Å². The van der Waals surface area contributed by atoms with Gasteiger partial charge in [-0.1, -0.05) is 54.6 Å². The summed E-state index contributed by atoms with van der Waals surface area (Å²) in [7, 11) is -2.37. The van der Waals surface area contributed by atoms with Crippen molar-refractivity contribution in [2.45, 2.75) is 24.8 Å². The number of sulfonamides is 1. The smallest absolute Gasteiger partial charge is 0.264 e. The number of hydrogen-bond acceptors (Lipinski definition) is 4. The maximum Gasteiger partial charge on any atom is 0.264 e. The third kappa shape index (κ3) is 5.06. The van der Waals surface area contributed by atoms with E-state index in [0.29, 0.717) is 11.4 Å². The fourth-order valence-electron chi connectivity index (χ4n) is 3.38. The molecule has 0 spiro atoms. The first-order valence-corrected chi connectivity index (χ1v) is 11.3. The largest absolute Gasteiger partial charge is 0.496 e. The average Bonchev–Trinajstić information content (AvgIpc) is 2.78. The number of ether oxygens (including phenoxy) is 1. The Morgan fingerprint density at radius 2 is 1.58 bits per heavy atom. The number of carbonyl (C=O) groups is 1. The van der Waals surface area contributed by atoms with Gasteiger partial charge in [0.05, 0.1) is 23.7 Å². The number of para-hydroxylation sites is 2. The normalized spacial score (nSPS) is 12.1. The molecule has 6 nitrogen and oxygen atoms in total. The van der Waals surface area contributed by atoms with Crippen molar-refractivity contribution in [1.82, 2.24) is 5.32 Å². The number of methoxy groups -OCH3 is 1. The van der Waals surface area contributed by atoms with E-state index < -0.39 is 15.9 Å². The van der Waals surface area contributed by atoms with Gasteiger partial charge < -0.3 is 10.1 Å². The lowest BCUT2D eigenvalue weighted by molar-refractivity contribution is -0.120. The molecule has 1 atom stereocenters. The molecular formula is C24H26N2O4S. The van der Waals surface area contributed by atoms with Gasteiger partial charge in [-0.2, -0.15) is 0 Å². The van der Waals surface area contributed by atoms with Crippen molar-refractivity contribution in [2.75, 3.05) is 18.0 Å². The highest BCUT2D eigenvalue weighted by atomic mass is 32.2. The zero-order valence-corrected chi connectivity index (χ0v) is 18.6. The van der Waals surface area contributed by atoms with Crippen molar-refractivity contribution in [3.63, 3.8) is 0 Å². The molecule has 7 heteroatoms. The number of hydrogen-bond donors (Lipinski definition) is 1. The first kappa shape index (κ1) is 22.4. The minimum atomic E-state index is -3.94. The van der Waals surface area contributed by atoms with Crippen molar-refractivity contribution in [3.8, 4) is 5.75 Å². The van der Waals surface area contributed by atoms with Crippen LogP contribution in [0.15, 0.2) is 83.8 Å². The summed E-state index contributed by atoms with van der Waals surface area (Å²) in [5.74, 6) is 0.240. The second-order valence-electron chi connectivity index (χ2n) is 7.14. The van der Waals surface area contributed by atoms with Gasteiger partial charge in [0.25, 0.3) is 10.0 Å². The molecule has 0 saturated carbocycles. The molecular weight excluding hydrogens is 412 g/mol. The monoisotopic (exact) mass is 438 g/mol. The van der Waals surface area contributed by atoms with Crippen molar-refractivity contribution in [1.29, 1.82) is 0 Å². The standard InChI is InChI=1S/C24H26N2O4S/c1-18-11-7-9-15-22(18)26(31(28,29)20-12-5-4-6-13-20)17-24(27)25-19(2)21-14-8-10-16-23(21)30-3/h4-16,19H,17H2,1-3H3,(H,25,27). The number of anilines is 1. The van der Waals surface area contributed by atoms with Crippen molar-refractivity contribution >= 4 is 21.6 Å². The topological polar surface area (TPSA) is 75.7 Å². The van der Waals surface area contributed by atoms with E-state index in [0.717, 1.165) is 15.4 Å². The van der Waals surface area contributed by atoms with E-state index in [2.05, 4.69) is 5.32 Å². The lowest BCUT2D eigenvalue weighted by Gasteiger charge is -2.26. The Kier molecular flexibility index (Phi) is 6.97.